The summed E-state index contributed by atoms with van der Waals surface area (Å²) in [5, 5.41) is 0.764. The quantitative estimate of drug-likeness (QED) is 0.168. The zero-order valence-electron chi connectivity index (χ0n) is 20.3. The van der Waals surface area contributed by atoms with Gasteiger partial charge in [0.2, 0.25) is 0 Å². The Bertz CT molecular complexity index is 1290. The first-order valence-corrected chi connectivity index (χ1v) is 12.1. The van der Waals surface area contributed by atoms with Crippen molar-refractivity contribution in [2.24, 2.45) is 0 Å². The number of rotatable bonds is 9. The lowest BCUT2D eigenvalue weighted by molar-refractivity contribution is -0.140. The van der Waals surface area contributed by atoms with Crippen LogP contribution in [-0.4, -0.2) is 55.6 Å². The second kappa shape index (κ2) is 13.2. The standard InChI is InChI=1S/C24H17Cl3F10N2O2/c1-39(13(9-40)8-38-10-22(29,30)31)21(41)14-3-2-11(4-16(14)24(35,36)37)19(28)7-15(23(32,33)34)12-5-17(25)20(27)18(26)6-12/h2-7,9,13,15,38H,8,10H2,1H3/b19-7-. The van der Waals surface area contributed by atoms with Gasteiger partial charge in [-0.1, -0.05) is 40.9 Å². The molecule has 0 saturated heterocycles. The summed E-state index contributed by atoms with van der Waals surface area (Å²) >= 11 is 17.2. The number of allylic oxidation sites excluding steroid dienone is 1. The maximum absolute atomic E-state index is 15.0. The smallest absolute Gasteiger partial charge is 0.331 e. The molecule has 0 aliphatic heterocycles. The van der Waals surface area contributed by atoms with Crippen molar-refractivity contribution < 1.29 is 53.5 Å². The summed E-state index contributed by atoms with van der Waals surface area (Å²) in [6.45, 7) is -2.32. The molecule has 41 heavy (non-hydrogen) atoms. The highest BCUT2D eigenvalue weighted by molar-refractivity contribution is 6.48. The number of nitrogens with zero attached hydrogens (tertiary/aromatic N) is 1. The van der Waals surface area contributed by atoms with Gasteiger partial charge in [-0.05, 0) is 35.9 Å². The van der Waals surface area contributed by atoms with Crippen LogP contribution in [0.1, 0.15) is 33.0 Å². The fourth-order valence-electron chi connectivity index (χ4n) is 3.47. The average Bonchev–Trinajstić information content (AvgIpc) is 2.84. The molecule has 2 aromatic rings. The summed E-state index contributed by atoms with van der Waals surface area (Å²) in [5.74, 6) is -5.96. The molecule has 2 atom stereocenters. The molecule has 0 heterocycles. The first kappa shape index (κ1) is 34.7. The minimum absolute atomic E-state index is 0.0201. The Morgan fingerprint density at radius 3 is 2.00 bits per heavy atom. The lowest BCUT2D eigenvalue weighted by Crippen LogP contribution is -2.46. The predicted octanol–water partition coefficient (Wildman–Crippen LogP) is 8.11. The van der Waals surface area contributed by atoms with E-state index in [1.54, 1.807) is 0 Å². The molecule has 1 N–H and O–H groups in total. The summed E-state index contributed by atoms with van der Waals surface area (Å²) in [6, 6.07) is 1.02. The van der Waals surface area contributed by atoms with E-state index >= 15 is 4.39 Å². The molecule has 1 amide bonds. The van der Waals surface area contributed by atoms with Crippen LogP contribution >= 0.6 is 34.8 Å². The van der Waals surface area contributed by atoms with Crippen molar-refractivity contribution in [2.45, 2.75) is 30.5 Å². The number of hydrogen-bond acceptors (Lipinski definition) is 3. The van der Waals surface area contributed by atoms with E-state index in [1.807, 2.05) is 5.32 Å². The minimum Gasteiger partial charge on any atom is -0.331 e. The molecular weight excluding hydrogens is 645 g/mol. The van der Waals surface area contributed by atoms with Crippen LogP contribution in [0.5, 0.6) is 0 Å². The van der Waals surface area contributed by atoms with Gasteiger partial charge in [0.1, 0.15) is 18.0 Å². The van der Waals surface area contributed by atoms with Crippen molar-refractivity contribution in [1.82, 2.24) is 10.2 Å². The number of benzene rings is 2. The van der Waals surface area contributed by atoms with Crippen molar-refractivity contribution in [3.05, 3.63) is 73.7 Å². The van der Waals surface area contributed by atoms with E-state index in [4.69, 9.17) is 34.8 Å². The summed E-state index contributed by atoms with van der Waals surface area (Å²) in [4.78, 5) is 24.5. The third kappa shape index (κ3) is 9.22. The fourth-order valence-corrected chi connectivity index (χ4v) is 4.08. The molecule has 0 aliphatic carbocycles. The third-order valence-electron chi connectivity index (χ3n) is 5.52. The molecule has 0 aliphatic rings. The maximum atomic E-state index is 15.0. The molecule has 2 rings (SSSR count). The lowest BCUT2D eigenvalue weighted by Gasteiger charge is -2.26. The Morgan fingerprint density at radius 1 is 0.976 bits per heavy atom. The van der Waals surface area contributed by atoms with Crippen LogP contribution in [0.4, 0.5) is 43.9 Å². The van der Waals surface area contributed by atoms with Gasteiger partial charge in [-0.25, -0.2) is 4.39 Å². The van der Waals surface area contributed by atoms with Gasteiger partial charge in [-0.3, -0.25) is 4.79 Å². The molecule has 0 saturated carbocycles. The van der Waals surface area contributed by atoms with Gasteiger partial charge in [0, 0.05) is 19.2 Å². The number of likely N-dealkylation sites (N-methyl/N-ethyl adjacent to an activating group) is 1. The highest BCUT2D eigenvalue weighted by atomic mass is 35.5. The number of halogens is 13. The Labute approximate surface area is 240 Å². The second-order valence-corrected chi connectivity index (χ2v) is 9.65. The highest BCUT2D eigenvalue weighted by Crippen LogP contribution is 2.43. The third-order valence-corrected chi connectivity index (χ3v) is 6.71. The molecule has 0 aromatic heterocycles. The molecule has 2 aromatic carbocycles. The minimum atomic E-state index is -5.34. The molecule has 2 unspecified atom stereocenters. The number of alkyl halides is 9. The van der Waals surface area contributed by atoms with Crippen molar-refractivity contribution in [3.63, 3.8) is 0 Å². The number of amides is 1. The van der Waals surface area contributed by atoms with Gasteiger partial charge in [0.25, 0.3) is 5.91 Å². The van der Waals surface area contributed by atoms with E-state index in [0.717, 1.165) is 19.2 Å². The van der Waals surface area contributed by atoms with E-state index in [2.05, 4.69) is 0 Å². The Morgan fingerprint density at radius 2 is 1.54 bits per heavy atom. The Hall–Kier alpha value is -2.55. The number of carbonyl (C=O) groups excluding carboxylic acids is 2. The van der Waals surface area contributed by atoms with Crippen LogP contribution in [0.2, 0.25) is 15.1 Å². The first-order chi connectivity index (χ1) is 18.7. The molecule has 0 spiro atoms. The van der Waals surface area contributed by atoms with Crippen molar-refractivity contribution in [1.29, 1.82) is 0 Å². The molecule has 0 fully saturated rings. The van der Waals surface area contributed by atoms with Crippen LogP contribution in [-0.2, 0) is 11.0 Å². The SMILES string of the molecule is CN(C(=O)c1ccc(/C(F)=C/C(c2cc(Cl)c(Cl)c(Cl)c2)C(F)(F)F)cc1C(F)(F)F)C(C=O)CNCC(F)(F)F. The zero-order chi connectivity index (χ0) is 31.5. The molecule has 226 valence electrons. The van der Waals surface area contributed by atoms with E-state index in [1.165, 1.54) is 0 Å². The van der Waals surface area contributed by atoms with Crippen LogP contribution in [0.3, 0.4) is 0 Å². The van der Waals surface area contributed by atoms with Gasteiger partial charge >= 0.3 is 18.5 Å². The fraction of sp³-hybridized carbons (Fsp3) is 0.333. The van der Waals surface area contributed by atoms with Gasteiger partial charge in [-0.15, -0.1) is 0 Å². The highest BCUT2D eigenvalue weighted by Gasteiger charge is 2.41. The topological polar surface area (TPSA) is 49.4 Å². The van der Waals surface area contributed by atoms with Crippen molar-refractivity contribution in [2.75, 3.05) is 20.1 Å². The van der Waals surface area contributed by atoms with Crippen LogP contribution in [0.15, 0.2) is 36.4 Å². The monoisotopic (exact) mass is 660 g/mol. The number of aldehydes is 1. The number of nitrogens with one attached hydrogen (secondary N) is 1. The van der Waals surface area contributed by atoms with Crippen molar-refractivity contribution in [3.8, 4) is 0 Å². The Kier molecular flexibility index (Phi) is 11.1. The molecular formula is C24H17Cl3F10N2O2. The number of carbonyl (C=O) groups is 2. The summed E-state index contributed by atoms with van der Waals surface area (Å²) in [6.07, 6.45) is -15.2. The largest absolute Gasteiger partial charge is 0.417 e. The van der Waals surface area contributed by atoms with Gasteiger partial charge in [0.15, 0.2) is 0 Å². The molecule has 0 bridgehead atoms. The first-order valence-electron chi connectivity index (χ1n) is 11.0. The van der Waals surface area contributed by atoms with E-state index < -0.39 is 87.6 Å². The normalized spacial score (nSPS) is 14.5. The zero-order valence-corrected chi connectivity index (χ0v) is 22.6. The molecule has 17 heteroatoms. The Balaban J connectivity index is 2.51. The van der Waals surface area contributed by atoms with Gasteiger partial charge in [-0.2, -0.15) is 39.5 Å². The van der Waals surface area contributed by atoms with E-state index in [-0.39, 0.29) is 23.5 Å². The number of hydrogen-bond donors (Lipinski definition) is 1. The summed E-state index contributed by atoms with van der Waals surface area (Å²) in [7, 11) is 0.849. The predicted molar refractivity (Wildman–Crippen MR) is 132 cm³/mol. The van der Waals surface area contributed by atoms with E-state index in [9.17, 15) is 49.1 Å². The average molecular weight is 662 g/mol. The lowest BCUT2D eigenvalue weighted by atomic mass is 9.95. The van der Waals surface area contributed by atoms with E-state index in [0.29, 0.717) is 17.0 Å². The van der Waals surface area contributed by atoms with Crippen LogP contribution in [0, 0.1) is 0 Å². The van der Waals surface area contributed by atoms with Crippen molar-refractivity contribution >= 4 is 52.8 Å². The van der Waals surface area contributed by atoms with Gasteiger partial charge < -0.3 is 15.0 Å². The summed E-state index contributed by atoms with van der Waals surface area (Å²) < 4.78 is 135. The van der Waals surface area contributed by atoms with Crippen LogP contribution < -0.4 is 5.32 Å². The maximum Gasteiger partial charge on any atom is 0.417 e. The second-order valence-electron chi connectivity index (χ2n) is 8.46. The molecule has 0 radical (unpaired) electrons. The summed E-state index contributed by atoms with van der Waals surface area (Å²) in [5.41, 5.74) is -4.57. The van der Waals surface area contributed by atoms with Gasteiger partial charge in [0.05, 0.1) is 38.8 Å². The molecule has 4 nitrogen and oxygen atoms in total. The van der Waals surface area contributed by atoms with Crippen LogP contribution in [0.25, 0.3) is 5.83 Å².